The maximum absolute atomic E-state index is 12.7. The highest BCUT2D eigenvalue weighted by molar-refractivity contribution is 7.15. The number of likely N-dealkylation sites (tertiary alicyclic amines) is 1. The number of carbonyl (C=O) groups is 1. The van der Waals surface area contributed by atoms with Crippen LogP contribution >= 0.6 is 11.3 Å². The molecule has 2 fully saturated rings. The van der Waals surface area contributed by atoms with E-state index < -0.39 is 0 Å². The summed E-state index contributed by atoms with van der Waals surface area (Å²) in [4.78, 5) is 21.6. The van der Waals surface area contributed by atoms with E-state index in [1.807, 2.05) is 24.0 Å². The Morgan fingerprint density at radius 1 is 1.28 bits per heavy atom. The van der Waals surface area contributed by atoms with Crippen LogP contribution in [0.3, 0.4) is 0 Å². The van der Waals surface area contributed by atoms with Crippen LogP contribution in [0.1, 0.15) is 42.3 Å². The minimum Gasteiger partial charge on any atom is -0.368 e. The van der Waals surface area contributed by atoms with Crippen molar-refractivity contribution in [3.05, 3.63) is 28.5 Å². The van der Waals surface area contributed by atoms with Crippen LogP contribution in [-0.4, -0.2) is 70.2 Å². The molecule has 156 valence electrons. The summed E-state index contributed by atoms with van der Waals surface area (Å²) >= 11 is 1.55. The van der Waals surface area contributed by atoms with E-state index in [0.29, 0.717) is 26.2 Å². The first-order valence-corrected chi connectivity index (χ1v) is 11.1. The van der Waals surface area contributed by atoms with Crippen molar-refractivity contribution in [2.24, 2.45) is 0 Å². The van der Waals surface area contributed by atoms with Crippen molar-refractivity contribution >= 4 is 28.1 Å². The van der Waals surface area contributed by atoms with Gasteiger partial charge in [-0.3, -0.25) is 14.7 Å². The first-order valence-electron chi connectivity index (χ1n) is 10.3. The molecule has 0 spiro atoms. The number of rotatable bonds is 6. The van der Waals surface area contributed by atoms with Crippen LogP contribution in [0.2, 0.25) is 0 Å². The molecule has 2 aliphatic heterocycles. The molecular formula is C20H28N6O2S. The van der Waals surface area contributed by atoms with Gasteiger partial charge in [0.2, 0.25) is 11.0 Å². The van der Waals surface area contributed by atoms with E-state index in [9.17, 15) is 4.79 Å². The molecule has 1 unspecified atom stereocenters. The summed E-state index contributed by atoms with van der Waals surface area (Å²) < 4.78 is 5.97. The average molecular weight is 417 g/mol. The normalized spacial score (nSPS) is 20.2. The fourth-order valence-corrected chi connectivity index (χ4v) is 4.49. The van der Waals surface area contributed by atoms with Crippen molar-refractivity contribution in [1.29, 1.82) is 0 Å². The van der Waals surface area contributed by atoms with Gasteiger partial charge in [-0.15, -0.1) is 10.2 Å². The van der Waals surface area contributed by atoms with E-state index in [4.69, 9.17) is 4.74 Å². The number of aryl methyl sites for hydroxylation is 2. The number of ether oxygens (including phenoxy) is 1. The quantitative estimate of drug-likeness (QED) is 0.775. The number of amides is 1. The van der Waals surface area contributed by atoms with Crippen LogP contribution in [-0.2, 0) is 16.0 Å². The van der Waals surface area contributed by atoms with Gasteiger partial charge in [-0.1, -0.05) is 18.3 Å². The molecule has 0 aromatic carbocycles. The van der Waals surface area contributed by atoms with Gasteiger partial charge in [0.25, 0.3) is 0 Å². The third-order valence-electron chi connectivity index (χ3n) is 5.30. The third kappa shape index (κ3) is 5.09. The SMILES string of the molecule is CCc1nnc(Nc2cc(C)nc(C3CN(C(=O)CN4CCCC4)CCO3)c2)s1. The number of hydrogen-bond acceptors (Lipinski definition) is 8. The van der Waals surface area contributed by atoms with Gasteiger partial charge in [0, 0.05) is 17.9 Å². The van der Waals surface area contributed by atoms with Crippen LogP contribution in [0, 0.1) is 6.92 Å². The number of hydrogen-bond donors (Lipinski definition) is 1. The second-order valence-electron chi connectivity index (χ2n) is 7.58. The molecule has 0 aliphatic carbocycles. The summed E-state index contributed by atoms with van der Waals surface area (Å²) in [5.74, 6) is 0.187. The van der Waals surface area contributed by atoms with Crippen molar-refractivity contribution in [2.75, 3.05) is 44.6 Å². The van der Waals surface area contributed by atoms with E-state index in [-0.39, 0.29) is 12.0 Å². The number of pyridine rings is 1. The zero-order valence-corrected chi connectivity index (χ0v) is 17.9. The second-order valence-corrected chi connectivity index (χ2v) is 8.65. The van der Waals surface area contributed by atoms with Crippen LogP contribution in [0.4, 0.5) is 10.8 Å². The average Bonchev–Trinajstić information content (AvgIpc) is 3.39. The summed E-state index contributed by atoms with van der Waals surface area (Å²) in [5.41, 5.74) is 2.65. The Kier molecular flexibility index (Phi) is 6.37. The Hall–Kier alpha value is -2.10. The highest BCUT2D eigenvalue weighted by Gasteiger charge is 2.28. The predicted octanol–water partition coefficient (Wildman–Crippen LogP) is 2.54. The maximum Gasteiger partial charge on any atom is 0.236 e. The number of carbonyl (C=O) groups excluding carboxylic acids is 1. The molecule has 0 bridgehead atoms. The number of anilines is 2. The molecule has 4 rings (SSSR count). The van der Waals surface area contributed by atoms with Crippen molar-refractivity contribution in [1.82, 2.24) is 25.0 Å². The lowest BCUT2D eigenvalue weighted by molar-refractivity contribution is -0.140. The minimum atomic E-state index is -0.215. The number of aromatic nitrogens is 3. The molecule has 0 saturated carbocycles. The molecule has 9 heteroatoms. The Bertz CT molecular complexity index is 851. The van der Waals surface area contributed by atoms with Crippen LogP contribution in [0.15, 0.2) is 12.1 Å². The number of nitrogens with zero attached hydrogens (tertiary/aromatic N) is 5. The van der Waals surface area contributed by atoms with E-state index >= 15 is 0 Å². The summed E-state index contributed by atoms with van der Waals surface area (Å²) in [6.45, 7) is 8.31. The van der Waals surface area contributed by atoms with Gasteiger partial charge in [-0.2, -0.15) is 0 Å². The maximum atomic E-state index is 12.7. The van der Waals surface area contributed by atoms with Crippen LogP contribution in [0.5, 0.6) is 0 Å². The van der Waals surface area contributed by atoms with Gasteiger partial charge in [-0.25, -0.2) is 0 Å². The zero-order valence-electron chi connectivity index (χ0n) is 17.1. The molecular weight excluding hydrogens is 388 g/mol. The summed E-state index contributed by atoms with van der Waals surface area (Å²) in [6.07, 6.45) is 3.04. The molecule has 4 heterocycles. The van der Waals surface area contributed by atoms with E-state index in [1.54, 1.807) is 11.3 Å². The fraction of sp³-hybridized carbons (Fsp3) is 0.600. The molecule has 1 amide bonds. The summed E-state index contributed by atoms with van der Waals surface area (Å²) in [5, 5.41) is 13.4. The second kappa shape index (κ2) is 9.15. The third-order valence-corrected chi connectivity index (χ3v) is 6.28. The Morgan fingerprint density at radius 2 is 2.10 bits per heavy atom. The lowest BCUT2D eigenvalue weighted by atomic mass is 10.1. The van der Waals surface area contributed by atoms with Crippen molar-refractivity contribution in [3.8, 4) is 0 Å². The fourth-order valence-electron chi connectivity index (χ4n) is 3.79. The van der Waals surface area contributed by atoms with E-state index in [2.05, 4.69) is 32.3 Å². The van der Waals surface area contributed by atoms with Gasteiger partial charge in [0.15, 0.2) is 0 Å². The largest absolute Gasteiger partial charge is 0.368 e. The lowest BCUT2D eigenvalue weighted by Gasteiger charge is -2.34. The molecule has 2 aliphatic rings. The van der Waals surface area contributed by atoms with Gasteiger partial charge < -0.3 is 15.0 Å². The standard InChI is InChI=1S/C20H28N6O2S/c1-3-18-23-24-20(29-18)22-15-10-14(2)21-16(11-15)17-12-26(8-9-28-17)19(27)13-25-6-4-5-7-25/h10-11,17H,3-9,12-13H2,1-2H3,(H,21,22,24). The molecule has 2 saturated heterocycles. The Labute approximate surface area is 175 Å². The van der Waals surface area contributed by atoms with Crippen molar-refractivity contribution < 1.29 is 9.53 Å². The molecule has 29 heavy (non-hydrogen) atoms. The smallest absolute Gasteiger partial charge is 0.236 e. The highest BCUT2D eigenvalue weighted by Crippen LogP contribution is 2.27. The predicted molar refractivity (Wildman–Crippen MR) is 112 cm³/mol. The van der Waals surface area contributed by atoms with Gasteiger partial charge in [-0.05, 0) is 51.4 Å². The van der Waals surface area contributed by atoms with Gasteiger partial charge in [0.1, 0.15) is 11.1 Å². The Balaban J connectivity index is 1.43. The van der Waals surface area contributed by atoms with E-state index in [1.165, 1.54) is 12.8 Å². The zero-order chi connectivity index (χ0) is 20.2. The highest BCUT2D eigenvalue weighted by atomic mass is 32.1. The van der Waals surface area contributed by atoms with Crippen molar-refractivity contribution in [2.45, 2.75) is 39.2 Å². The first kappa shape index (κ1) is 20.2. The minimum absolute atomic E-state index is 0.187. The van der Waals surface area contributed by atoms with Crippen LogP contribution < -0.4 is 5.32 Å². The monoisotopic (exact) mass is 416 g/mol. The summed E-state index contributed by atoms with van der Waals surface area (Å²) in [6, 6.07) is 3.97. The Morgan fingerprint density at radius 3 is 2.86 bits per heavy atom. The molecule has 0 radical (unpaired) electrons. The topological polar surface area (TPSA) is 83.5 Å². The molecule has 1 N–H and O–H groups in total. The van der Waals surface area contributed by atoms with E-state index in [0.717, 1.165) is 46.7 Å². The number of nitrogens with one attached hydrogen (secondary N) is 1. The molecule has 2 aromatic heterocycles. The van der Waals surface area contributed by atoms with Crippen LogP contribution in [0.25, 0.3) is 0 Å². The molecule has 1 atom stereocenters. The first-order chi connectivity index (χ1) is 14.1. The molecule has 2 aromatic rings. The van der Waals surface area contributed by atoms with Gasteiger partial charge in [0.05, 0.1) is 25.4 Å². The summed E-state index contributed by atoms with van der Waals surface area (Å²) in [7, 11) is 0. The lowest BCUT2D eigenvalue weighted by Crippen LogP contribution is -2.46. The van der Waals surface area contributed by atoms with Gasteiger partial charge >= 0.3 is 0 Å². The molecule has 8 nitrogen and oxygen atoms in total. The number of morpholine rings is 1. The van der Waals surface area contributed by atoms with Crippen molar-refractivity contribution in [3.63, 3.8) is 0 Å².